The van der Waals surface area contributed by atoms with Crippen LogP contribution >= 0.6 is 0 Å². The second kappa shape index (κ2) is 5.60. The number of sulfone groups is 1. The average molecular weight is 309 g/mol. The largest absolute Gasteiger partial charge is 0.264 e. The van der Waals surface area contributed by atoms with Crippen molar-refractivity contribution in [3.05, 3.63) is 52.6 Å². The molecule has 0 heterocycles. The minimum Gasteiger partial charge on any atom is -0.264 e. The first-order chi connectivity index (χ1) is 9.76. The van der Waals surface area contributed by atoms with Crippen LogP contribution in [0.4, 0.5) is 0 Å². The summed E-state index contributed by atoms with van der Waals surface area (Å²) in [5, 5.41) is 10.4. The van der Waals surface area contributed by atoms with Crippen LogP contribution in [0.15, 0.2) is 47.4 Å². The highest BCUT2D eigenvalue weighted by Crippen LogP contribution is 2.42. The molecule has 1 aromatic carbocycles. The van der Waals surface area contributed by atoms with Gasteiger partial charge in [-0.05, 0) is 18.1 Å². The molecule has 1 fully saturated rings. The summed E-state index contributed by atoms with van der Waals surface area (Å²) in [6.45, 7) is 7.46. The molecule has 5 nitrogen and oxygen atoms in total. The number of hydrogen-bond acceptors (Lipinski definition) is 4. The Morgan fingerprint density at radius 3 is 2.33 bits per heavy atom. The van der Waals surface area contributed by atoms with Gasteiger partial charge in [-0.3, -0.25) is 10.1 Å². The SMILES string of the molecule is C=C1C[C@@H]([N+](=O)[O-])[C@@H](C(C)C)[C@@H]1S(=O)(=O)c1ccccc1. The van der Waals surface area contributed by atoms with E-state index in [1.54, 1.807) is 18.2 Å². The Kier molecular flexibility index (Phi) is 4.18. The second-order valence-corrected chi connectivity index (χ2v) is 7.88. The molecular formula is C15H19NO4S. The van der Waals surface area contributed by atoms with Gasteiger partial charge in [0, 0.05) is 11.3 Å². The van der Waals surface area contributed by atoms with Gasteiger partial charge in [0.05, 0.1) is 16.1 Å². The van der Waals surface area contributed by atoms with Crippen LogP contribution in [0.2, 0.25) is 0 Å². The van der Waals surface area contributed by atoms with Crippen LogP contribution in [-0.2, 0) is 9.84 Å². The highest BCUT2D eigenvalue weighted by molar-refractivity contribution is 7.92. The van der Waals surface area contributed by atoms with Gasteiger partial charge in [-0.25, -0.2) is 8.42 Å². The van der Waals surface area contributed by atoms with Gasteiger partial charge in [-0.1, -0.05) is 44.2 Å². The van der Waals surface area contributed by atoms with Gasteiger partial charge in [0.1, 0.15) is 0 Å². The molecular weight excluding hydrogens is 290 g/mol. The minimum atomic E-state index is -3.65. The lowest BCUT2D eigenvalue weighted by atomic mass is 9.91. The topological polar surface area (TPSA) is 77.3 Å². The van der Waals surface area contributed by atoms with E-state index in [9.17, 15) is 18.5 Å². The average Bonchev–Trinajstić information content (AvgIpc) is 2.78. The summed E-state index contributed by atoms with van der Waals surface area (Å²) in [4.78, 5) is 11.1. The molecule has 0 bridgehead atoms. The molecule has 0 amide bonds. The van der Waals surface area contributed by atoms with Crippen molar-refractivity contribution in [1.82, 2.24) is 0 Å². The highest BCUT2D eigenvalue weighted by Gasteiger charge is 2.53. The third-order valence-electron chi connectivity index (χ3n) is 4.11. The first-order valence-corrected chi connectivity index (χ1v) is 8.41. The highest BCUT2D eigenvalue weighted by atomic mass is 32.2. The fraction of sp³-hybridized carbons (Fsp3) is 0.467. The number of benzene rings is 1. The zero-order chi connectivity index (χ0) is 15.8. The van der Waals surface area contributed by atoms with Crippen molar-refractivity contribution < 1.29 is 13.3 Å². The van der Waals surface area contributed by atoms with Crippen LogP contribution in [0.3, 0.4) is 0 Å². The van der Waals surface area contributed by atoms with Gasteiger partial charge < -0.3 is 0 Å². The molecule has 0 radical (unpaired) electrons. The first kappa shape index (κ1) is 15.7. The van der Waals surface area contributed by atoms with E-state index in [2.05, 4.69) is 6.58 Å². The first-order valence-electron chi connectivity index (χ1n) is 6.87. The zero-order valence-corrected chi connectivity index (χ0v) is 12.9. The molecule has 6 heteroatoms. The van der Waals surface area contributed by atoms with Crippen molar-refractivity contribution in [2.75, 3.05) is 0 Å². The molecule has 0 aromatic heterocycles. The molecule has 21 heavy (non-hydrogen) atoms. The predicted molar refractivity (Wildman–Crippen MR) is 80.3 cm³/mol. The van der Waals surface area contributed by atoms with Gasteiger partial charge >= 0.3 is 0 Å². The molecule has 0 unspecified atom stereocenters. The van der Waals surface area contributed by atoms with Gasteiger partial charge in [-0.2, -0.15) is 0 Å². The summed E-state index contributed by atoms with van der Waals surface area (Å²) in [6, 6.07) is 7.22. The van der Waals surface area contributed by atoms with Crippen molar-refractivity contribution in [3.8, 4) is 0 Å². The van der Waals surface area contributed by atoms with Gasteiger partial charge in [0.25, 0.3) is 0 Å². The zero-order valence-electron chi connectivity index (χ0n) is 12.1. The van der Waals surface area contributed by atoms with Gasteiger partial charge in [0.2, 0.25) is 6.04 Å². The molecule has 0 aliphatic heterocycles. The Labute approximate surface area is 124 Å². The summed E-state index contributed by atoms with van der Waals surface area (Å²) < 4.78 is 25.7. The Balaban J connectivity index is 2.51. The molecule has 114 valence electrons. The van der Waals surface area contributed by atoms with Crippen molar-refractivity contribution in [3.63, 3.8) is 0 Å². The van der Waals surface area contributed by atoms with E-state index in [1.165, 1.54) is 12.1 Å². The second-order valence-electron chi connectivity index (χ2n) is 5.82. The molecule has 1 aromatic rings. The van der Waals surface area contributed by atoms with E-state index in [0.29, 0.717) is 5.57 Å². The van der Waals surface area contributed by atoms with Crippen LogP contribution in [-0.4, -0.2) is 24.6 Å². The third-order valence-corrected chi connectivity index (χ3v) is 6.36. The Bertz CT molecular complexity index is 652. The Hall–Kier alpha value is -1.69. The number of nitro groups is 1. The molecule has 1 aliphatic carbocycles. The monoisotopic (exact) mass is 309 g/mol. The molecule has 0 saturated heterocycles. The lowest BCUT2D eigenvalue weighted by Gasteiger charge is -2.24. The lowest BCUT2D eigenvalue weighted by molar-refractivity contribution is -0.529. The van der Waals surface area contributed by atoms with Crippen LogP contribution in [0.1, 0.15) is 20.3 Å². The molecule has 1 saturated carbocycles. The fourth-order valence-corrected chi connectivity index (χ4v) is 5.46. The van der Waals surface area contributed by atoms with E-state index in [1.807, 2.05) is 13.8 Å². The van der Waals surface area contributed by atoms with Crippen molar-refractivity contribution in [2.45, 2.75) is 36.5 Å². The van der Waals surface area contributed by atoms with Crippen molar-refractivity contribution >= 4 is 9.84 Å². The lowest BCUT2D eigenvalue weighted by Crippen LogP contribution is -2.37. The predicted octanol–water partition coefficient (Wildman–Crippen LogP) is 2.71. The number of hydrogen-bond donors (Lipinski definition) is 0. The Morgan fingerprint density at radius 1 is 1.29 bits per heavy atom. The quantitative estimate of drug-likeness (QED) is 0.487. The van der Waals surface area contributed by atoms with E-state index >= 15 is 0 Å². The number of nitrogens with zero attached hydrogens (tertiary/aromatic N) is 1. The molecule has 0 spiro atoms. The summed E-state index contributed by atoms with van der Waals surface area (Å²) in [6.07, 6.45) is 0.132. The van der Waals surface area contributed by atoms with E-state index in [-0.39, 0.29) is 22.2 Å². The standard InChI is InChI=1S/C15H19NO4S/c1-10(2)14-13(16(17)18)9-11(3)15(14)21(19,20)12-7-5-4-6-8-12/h4-8,10,13-15H,3,9H2,1-2H3/t13-,14-,15-/m1/s1. The normalized spacial score (nSPS) is 26.2. The molecule has 0 N–H and O–H groups in total. The third kappa shape index (κ3) is 2.72. The summed E-state index contributed by atoms with van der Waals surface area (Å²) >= 11 is 0. The molecule has 3 atom stereocenters. The molecule has 1 aliphatic rings. The maximum absolute atomic E-state index is 12.8. The summed E-state index contributed by atoms with van der Waals surface area (Å²) in [5.41, 5.74) is 0.444. The van der Waals surface area contributed by atoms with Crippen molar-refractivity contribution in [2.24, 2.45) is 11.8 Å². The smallest absolute Gasteiger partial charge is 0.221 e. The maximum Gasteiger partial charge on any atom is 0.221 e. The minimum absolute atomic E-state index is 0.108. The van der Waals surface area contributed by atoms with E-state index in [4.69, 9.17) is 0 Å². The summed E-state index contributed by atoms with van der Waals surface area (Å²) in [5.74, 6) is -0.652. The molecule has 2 rings (SSSR count). The number of rotatable bonds is 4. The van der Waals surface area contributed by atoms with Crippen LogP contribution in [0.25, 0.3) is 0 Å². The van der Waals surface area contributed by atoms with Gasteiger partial charge in [-0.15, -0.1) is 0 Å². The van der Waals surface area contributed by atoms with Crippen LogP contribution in [0, 0.1) is 22.0 Å². The van der Waals surface area contributed by atoms with Gasteiger partial charge in [0.15, 0.2) is 9.84 Å². The summed E-state index contributed by atoms with van der Waals surface area (Å²) in [7, 11) is -3.65. The van der Waals surface area contributed by atoms with E-state index < -0.39 is 27.0 Å². The fourth-order valence-electron chi connectivity index (χ4n) is 3.19. The van der Waals surface area contributed by atoms with Crippen LogP contribution in [0.5, 0.6) is 0 Å². The van der Waals surface area contributed by atoms with E-state index in [0.717, 1.165) is 0 Å². The maximum atomic E-state index is 12.8. The van der Waals surface area contributed by atoms with Crippen LogP contribution < -0.4 is 0 Å². The van der Waals surface area contributed by atoms with Crippen molar-refractivity contribution in [1.29, 1.82) is 0 Å². The Morgan fingerprint density at radius 2 is 1.86 bits per heavy atom.